The van der Waals surface area contributed by atoms with Crippen molar-refractivity contribution in [2.45, 2.75) is 19.3 Å². The molecule has 1 aliphatic carbocycles. The molecule has 3 aromatic heterocycles. The summed E-state index contributed by atoms with van der Waals surface area (Å²) in [7, 11) is 0. The van der Waals surface area contributed by atoms with Crippen LogP contribution in [0.25, 0.3) is 104 Å². The number of hydrogen-bond donors (Lipinski definition) is 0. The van der Waals surface area contributed by atoms with E-state index in [0.29, 0.717) is 17.5 Å². The summed E-state index contributed by atoms with van der Waals surface area (Å²) in [6, 6.07) is 65.1. The molecule has 0 saturated heterocycles. The molecule has 11 aromatic rings. The minimum absolute atomic E-state index is 0.105. The smallest absolute Gasteiger partial charge is 0.165 e. The predicted octanol–water partition coefficient (Wildman–Crippen LogP) is 14.3. The molecule has 0 atom stereocenters. The van der Waals surface area contributed by atoms with E-state index in [1.54, 1.807) is 0 Å². The molecule has 0 spiro atoms. The number of nitrogens with zero attached hydrogens (tertiary/aromatic N) is 4. The van der Waals surface area contributed by atoms with Gasteiger partial charge in [-0.1, -0.05) is 159 Å². The van der Waals surface area contributed by atoms with Crippen LogP contribution in [-0.2, 0) is 5.41 Å². The predicted molar refractivity (Wildman–Crippen MR) is 246 cm³/mol. The number of fused-ring (bicyclic) bond motifs is 10. The maximum absolute atomic E-state index is 5.23. The molecule has 0 N–H and O–H groups in total. The molecule has 12 rings (SSSR count). The van der Waals surface area contributed by atoms with E-state index in [2.05, 4.69) is 176 Å². The lowest BCUT2D eigenvalue weighted by atomic mass is 9.82. The van der Waals surface area contributed by atoms with Crippen LogP contribution in [0.15, 0.2) is 182 Å². The van der Waals surface area contributed by atoms with Gasteiger partial charge in [0.2, 0.25) is 0 Å². The minimum atomic E-state index is -0.105. The Kier molecular flexibility index (Phi) is 7.41. The van der Waals surface area contributed by atoms with Gasteiger partial charge in [-0.3, -0.25) is 0 Å². The fourth-order valence-corrected chi connectivity index (χ4v) is 10.7. The summed E-state index contributed by atoms with van der Waals surface area (Å²) in [5.74, 6) is 1.97. The van der Waals surface area contributed by atoms with Crippen molar-refractivity contribution in [1.29, 1.82) is 0 Å². The zero-order valence-corrected chi connectivity index (χ0v) is 33.3. The Bertz CT molecular complexity index is 3440. The standard InChI is InChI=1S/C54H36N4S/c1-54(2)44-24-13-12-21-38(44)42-31-43-47(32-45(42)54)58(37-19-10-5-11-20-37)46-30-29-40-39-22-14-23-41(49(39)59-50(40)48(43)46)53-56-51(35-17-8-4-9-18-35)55-52(57-53)36-27-25-34(26-28-36)33-15-6-3-7-16-33/h3-32H,1-2H3. The number of aromatic nitrogens is 4. The highest BCUT2D eigenvalue weighted by Gasteiger charge is 2.36. The summed E-state index contributed by atoms with van der Waals surface area (Å²) >= 11 is 1.84. The van der Waals surface area contributed by atoms with E-state index >= 15 is 0 Å². The number of hydrogen-bond acceptors (Lipinski definition) is 4. The van der Waals surface area contributed by atoms with Crippen LogP contribution < -0.4 is 0 Å². The van der Waals surface area contributed by atoms with Crippen molar-refractivity contribution in [2.75, 3.05) is 0 Å². The van der Waals surface area contributed by atoms with Crippen molar-refractivity contribution in [3.05, 3.63) is 193 Å². The third-order valence-corrected chi connectivity index (χ3v) is 13.5. The molecule has 0 radical (unpaired) electrons. The van der Waals surface area contributed by atoms with Crippen LogP contribution in [-0.4, -0.2) is 19.5 Å². The first-order valence-corrected chi connectivity index (χ1v) is 20.9. The summed E-state index contributed by atoms with van der Waals surface area (Å²) in [4.78, 5) is 15.5. The molecule has 59 heavy (non-hydrogen) atoms. The van der Waals surface area contributed by atoms with Crippen molar-refractivity contribution >= 4 is 53.3 Å². The van der Waals surface area contributed by atoms with Crippen molar-refractivity contribution in [1.82, 2.24) is 19.5 Å². The average Bonchev–Trinajstić information content (AvgIpc) is 3.91. The van der Waals surface area contributed by atoms with Gasteiger partial charge < -0.3 is 4.57 Å². The lowest BCUT2D eigenvalue weighted by Crippen LogP contribution is -2.14. The Morgan fingerprint density at radius 1 is 0.407 bits per heavy atom. The molecule has 278 valence electrons. The first kappa shape index (κ1) is 33.9. The maximum Gasteiger partial charge on any atom is 0.165 e. The van der Waals surface area contributed by atoms with Crippen LogP contribution in [0.3, 0.4) is 0 Å². The largest absolute Gasteiger partial charge is 0.309 e. The van der Waals surface area contributed by atoms with Gasteiger partial charge in [0.25, 0.3) is 0 Å². The van der Waals surface area contributed by atoms with Gasteiger partial charge in [-0.05, 0) is 69.8 Å². The zero-order valence-electron chi connectivity index (χ0n) is 32.5. The Hall–Kier alpha value is -7.21. The van der Waals surface area contributed by atoms with E-state index in [4.69, 9.17) is 15.0 Å². The summed E-state index contributed by atoms with van der Waals surface area (Å²) in [6.45, 7) is 4.72. The second kappa shape index (κ2) is 12.9. The van der Waals surface area contributed by atoms with Gasteiger partial charge in [-0.2, -0.15) is 0 Å². The van der Waals surface area contributed by atoms with E-state index < -0.39 is 0 Å². The number of rotatable bonds is 5. The molecule has 0 bridgehead atoms. The van der Waals surface area contributed by atoms with E-state index in [1.165, 1.54) is 69.8 Å². The summed E-state index contributed by atoms with van der Waals surface area (Å²) in [6.07, 6.45) is 0. The number of benzene rings is 8. The lowest BCUT2D eigenvalue weighted by Gasteiger charge is -2.21. The number of thiophene rings is 1. The van der Waals surface area contributed by atoms with E-state index in [9.17, 15) is 0 Å². The van der Waals surface area contributed by atoms with Crippen LogP contribution in [0.1, 0.15) is 25.0 Å². The van der Waals surface area contributed by atoms with E-state index in [-0.39, 0.29) is 5.41 Å². The lowest BCUT2D eigenvalue weighted by molar-refractivity contribution is 0.661. The molecule has 3 heterocycles. The second-order valence-corrected chi connectivity index (χ2v) is 17.0. The second-order valence-electron chi connectivity index (χ2n) is 16.0. The van der Waals surface area contributed by atoms with Gasteiger partial charge in [0.15, 0.2) is 17.5 Å². The van der Waals surface area contributed by atoms with Crippen molar-refractivity contribution in [2.24, 2.45) is 0 Å². The van der Waals surface area contributed by atoms with Crippen LogP contribution in [0.2, 0.25) is 0 Å². The molecule has 8 aromatic carbocycles. The van der Waals surface area contributed by atoms with Crippen molar-refractivity contribution in [3.63, 3.8) is 0 Å². The molecule has 0 aliphatic heterocycles. The van der Waals surface area contributed by atoms with Gasteiger partial charge in [0, 0.05) is 58.7 Å². The van der Waals surface area contributed by atoms with Crippen LogP contribution in [0.4, 0.5) is 0 Å². The Morgan fingerprint density at radius 3 is 1.73 bits per heavy atom. The van der Waals surface area contributed by atoms with Gasteiger partial charge in [0.1, 0.15) is 0 Å². The molecule has 0 fully saturated rings. The molecular weight excluding hydrogens is 737 g/mol. The monoisotopic (exact) mass is 772 g/mol. The van der Waals surface area contributed by atoms with Gasteiger partial charge in [-0.25, -0.2) is 15.0 Å². The molecule has 0 saturated carbocycles. The molecule has 4 nitrogen and oxygen atoms in total. The Labute approximate surface area is 345 Å². The zero-order chi connectivity index (χ0) is 39.2. The quantitative estimate of drug-likeness (QED) is 0.175. The van der Waals surface area contributed by atoms with Crippen LogP contribution >= 0.6 is 11.3 Å². The first-order valence-electron chi connectivity index (χ1n) is 20.1. The van der Waals surface area contributed by atoms with Crippen molar-refractivity contribution < 1.29 is 0 Å². The van der Waals surface area contributed by atoms with Crippen LogP contribution in [0, 0.1) is 0 Å². The molecule has 5 heteroatoms. The molecule has 0 amide bonds. The fraction of sp³-hybridized carbons (Fsp3) is 0.0556. The summed E-state index contributed by atoms with van der Waals surface area (Å²) in [5, 5.41) is 4.98. The third-order valence-electron chi connectivity index (χ3n) is 12.3. The summed E-state index contributed by atoms with van der Waals surface area (Å²) < 4.78 is 4.89. The highest BCUT2D eigenvalue weighted by molar-refractivity contribution is 7.27. The van der Waals surface area contributed by atoms with Gasteiger partial charge >= 0.3 is 0 Å². The maximum atomic E-state index is 5.23. The third kappa shape index (κ3) is 5.18. The van der Waals surface area contributed by atoms with Crippen molar-refractivity contribution in [3.8, 4) is 62.1 Å². The normalized spacial score (nSPS) is 13.1. The topological polar surface area (TPSA) is 43.6 Å². The first-order chi connectivity index (χ1) is 29.0. The van der Waals surface area contributed by atoms with E-state index in [1.807, 2.05) is 35.6 Å². The fourth-order valence-electron chi connectivity index (χ4n) is 9.36. The highest BCUT2D eigenvalue weighted by atomic mass is 32.1. The SMILES string of the molecule is CC1(C)c2ccccc2-c2cc3c4c5sc6c(-c7nc(-c8ccccc8)nc(-c8ccc(-c9ccccc9)cc8)n7)cccc6c5ccc4n(-c4ccccc4)c3cc21. The Morgan fingerprint density at radius 2 is 0.983 bits per heavy atom. The average molecular weight is 773 g/mol. The number of para-hydroxylation sites is 1. The van der Waals surface area contributed by atoms with Gasteiger partial charge in [0.05, 0.1) is 11.0 Å². The minimum Gasteiger partial charge on any atom is -0.309 e. The molecule has 1 aliphatic rings. The summed E-state index contributed by atoms with van der Waals surface area (Å²) in [5.41, 5.74) is 14.1. The molecular formula is C54H36N4S. The Balaban J connectivity index is 1.10. The molecule has 0 unspecified atom stereocenters. The van der Waals surface area contributed by atoms with E-state index in [0.717, 1.165) is 27.9 Å². The highest BCUT2D eigenvalue weighted by Crippen LogP contribution is 2.52. The van der Waals surface area contributed by atoms with Gasteiger partial charge in [-0.15, -0.1) is 11.3 Å². The van der Waals surface area contributed by atoms with Crippen LogP contribution in [0.5, 0.6) is 0 Å².